The Morgan fingerprint density at radius 1 is 0.857 bits per heavy atom. The lowest BCUT2D eigenvalue weighted by Crippen LogP contribution is -2.70. The molecule has 0 N–H and O–H groups in total. The first-order chi connectivity index (χ1) is 23.6. The number of epoxide rings is 1. The van der Waals surface area contributed by atoms with Gasteiger partial charge in [-0.2, -0.15) is 0 Å². The second kappa shape index (κ2) is 15.7. The van der Waals surface area contributed by atoms with Gasteiger partial charge in [0.2, 0.25) is 12.0 Å². The summed E-state index contributed by atoms with van der Waals surface area (Å²) in [4.78, 5) is 64.2. The Morgan fingerprint density at radius 2 is 1.47 bits per heavy atom. The number of amides is 2. The molecule has 256 valence electrons. The van der Waals surface area contributed by atoms with Crippen LogP contribution < -0.4 is 14.4 Å². The summed E-state index contributed by atoms with van der Waals surface area (Å²) in [6.45, 7) is 2.98. The Morgan fingerprint density at radius 3 is 2.02 bits per heavy atom. The Bertz CT molecular complexity index is 1710. The summed E-state index contributed by atoms with van der Waals surface area (Å²) in [7, 11) is 3.18. The van der Waals surface area contributed by atoms with Crippen LogP contribution in [0, 0.1) is 0 Å². The summed E-state index contributed by atoms with van der Waals surface area (Å²) >= 11 is 1.21. The number of cyclic esters (lactones) is 1. The zero-order chi connectivity index (χ0) is 35.1. The molecule has 0 saturated carbocycles. The van der Waals surface area contributed by atoms with Gasteiger partial charge in [-0.25, -0.2) is 4.79 Å². The maximum absolute atomic E-state index is 13.2. The van der Waals surface area contributed by atoms with Gasteiger partial charge in [0.1, 0.15) is 41.4 Å². The molecule has 0 radical (unpaired) electrons. The van der Waals surface area contributed by atoms with E-state index in [1.54, 1.807) is 75.9 Å². The van der Waals surface area contributed by atoms with Crippen LogP contribution in [0.15, 0.2) is 90.6 Å². The average molecular weight is 689 g/mol. The van der Waals surface area contributed by atoms with Gasteiger partial charge in [0.25, 0.3) is 5.91 Å². The minimum absolute atomic E-state index is 0.0439. The number of ether oxygens (including phenoxy) is 5. The molecule has 0 aromatic heterocycles. The lowest BCUT2D eigenvalue weighted by molar-refractivity contribution is -0.147. The van der Waals surface area contributed by atoms with Gasteiger partial charge in [-0.1, -0.05) is 49.4 Å². The average Bonchev–Trinajstić information content (AvgIpc) is 3.88. The van der Waals surface area contributed by atoms with E-state index in [9.17, 15) is 24.0 Å². The fourth-order valence-corrected chi connectivity index (χ4v) is 6.63. The number of para-hydroxylation sites is 1. The molecule has 3 aliphatic heterocycles. The number of hydrogen-bond acceptors (Lipinski definition) is 11. The number of benzene rings is 3. The van der Waals surface area contributed by atoms with Crippen molar-refractivity contribution < 1.29 is 47.7 Å². The van der Waals surface area contributed by atoms with Gasteiger partial charge >= 0.3 is 17.9 Å². The van der Waals surface area contributed by atoms with Crippen LogP contribution in [0.1, 0.15) is 37.5 Å². The third-order valence-corrected chi connectivity index (χ3v) is 9.40. The van der Waals surface area contributed by atoms with Gasteiger partial charge < -0.3 is 28.6 Å². The second-order valence-corrected chi connectivity index (χ2v) is 12.3. The summed E-state index contributed by atoms with van der Waals surface area (Å²) in [5, 5.41) is -1.31. The van der Waals surface area contributed by atoms with Gasteiger partial charge in [-0.15, -0.1) is 11.8 Å². The highest BCUT2D eigenvalue weighted by Gasteiger charge is 2.55. The Kier molecular flexibility index (Phi) is 11.2. The standard InChI is InChI=1S/C27H28N2O7S.C9H8O3/c1-4-22(31)35-16-19-14-28-25(32)23(29(17(2)30)20-8-6-5-7-9-20)26(28)37-24(19)27(33)36-15-18-10-12-21(34-3)13-11-18;1-11-7-4-2-6(3-5-7)8-9(10)12-8/h5-14,23-24,26H,4,15-16H2,1-3H3;2-5,8H,1H3/t23?,24?,26-;/m1./s1. The molecule has 3 aromatic rings. The van der Waals surface area contributed by atoms with E-state index in [1.807, 2.05) is 30.3 Å². The fourth-order valence-electron chi connectivity index (χ4n) is 5.19. The minimum Gasteiger partial charge on any atom is -0.497 e. The second-order valence-electron chi connectivity index (χ2n) is 11.1. The fraction of sp³-hybridized carbons (Fsp3) is 0.306. The molecular formula is C36H36N2O10S. The predicted octanol–water partition coefficient (Wildman–Crippen LogP) is 4.57. The summed E-state index contributed by atoms with van der Waals surface area (Å²) < 4.78 is 25.7. The predicted molar refractivity (Wildman–Crippen MR) is 179 cm³/mol. The molecule has 12 nitrogen and oxygen atoms in total. The highest BCUT2D eigenvalue weighted by atomic mass is 32.2. The molecule has 3 aliphatic rings. The zero-order valence-electron chi connectivity index (χ0n) is 27.4. The molecule has 4 atom stereocenters. The minimum atomic E-state index is -0.815. The molecule has 3 heterocycles. The molecule has 3 aromatic carbocycles. The van der Waals surface area contributed by atoms with Gasteiger partial charge in [0.05, 0.1) is 14.2 Å². The van der Waals surface area contributed by atoms with Gasteiger partial charge in [0.15, 0.2) is 0 Å². The van der Waals surface area contributed by atoms with Crippen molar-refractivity contribution in [3.63, 3.8) is 0 Å². The van der Waals surface area contributed by atoms with Gasteiger partial charge in [-0.3, -0.25) is 24.1 Å². The molecule has 3 unspecified atom stereocenters. The number of thioether (sulfide) groups is 1. The summed E-state index contributed by atoms with van der Waals surface area (Å²) in [6.07, 6.45) is 1.41. The van der Waals surface area contributed by atoms with E-state index in [4.69, 9.17) is 23.7 Å². The van der Waals surface area contributed by atoms with Gasteiger partial charge in [0, 0.05) is 36.4 Å². The third kappa shape index (κ3) is 8.23. The van der Waals surface area contributed by atoms with E-state index in [1.165, 1.54) is 28.5 Å². The Hall–Kier alpha value is -5.30. The molecular weight excluding hydrogens is 652 g/mol. The van der Waals surface area contributed by atoms with Crippen LogP contribution >= 0.6 is 11.8 Å². The molecule has 0 bridgehead atoms. The largest absolute Gasteiger partial charge is 0.497 e. The number of β-lactam (4-membered cyclic amide) rings is 1. The van der Waals surface area contributed by atoms with Crippen molar-refractivity contribution >= 4 is 47.2 Å². The monoisotopic (exact) mass is 688 g/mol. The van der Waals surface area contributed by atoms with Crippen molar-refractivity contribution in [1.29, 1.82) is 0 Å². The number of nitrogens with zero attached hydrogens (tertiary/aromatic N) is 2. The number of carbonyl (C=O) groups is 5. The number of esters is 2. The normalized spacial score (nSPS) is 20.2. The van der Waals surface area contributed by atoms with Crippen LogP contribution in [0.3, 0.4) is 0 Å². The SMILES string of the molecule is CCC(=O)OCC1=CN2C(=O)C(N(C(C)=O)c3ccccc3)[C@H]2SC1C(=O)OCc1ccc(OC)cc1.COc1ccc(C2OC2=O)cc1. The molecule has 2 amide bonds. The van der Waals surface area contributed by atoms with Crippen LogP contribution in [0.5, 0.6) is 11.5 Å². The first kappa shape index (κ1) is 35.0. The maximum Gasteiger partial charge on any atom is 0.353 e. The lowest BCUT2D eigenvalue weighted by atomic mass is 10.0. The van der Waals surface area contributed by atoms with Gasteiger partial charge in [-0.05, 0) is 42.0 Å². The Balaban J connectivity index is 0.000000325. The molecule has 6 rings (SSSR count). The smallest absolute Gasteiger partial charge is 0.353 e. The van der Waals surface area contributed by atoms with E-state index in [2.05, 4.69) is 0 Å². The van der Waals surface area contributed by atoms with Crippen LogP contribution in [-0.4, -0.2) is 72.1 Å². The number of rotatable bonds is 11. The van der Waals surface area contributed by atoms with Crippen LogP contribution in [0.2, 0.25) is 0 Å². The number of methoxy groups -OCH3 is 2. The molecule has 2 fully saturated rings. The lowest BCUT2D eigenvalue weighted by Gasteiger charge is -2.52. The number of carbonyl (C=O) groups excluding carboxylic acids is 5. The number of anilines is 1. The summed E-state index contributed by atoms with van der Waals surface area (Å²) in [6, 6.07) is 22.6. The van der Waals surface area contributed by atoms with Crippen LogP contribution in [0.25, 0.3) is 0 Å². The summed E-state index contributed by atoms with van der Waals surface area (Å²) in [5.41, 5.74) is 2.71. The molecule has 49 heavy (non-hydrogen) atoms. The maximum atomic E-state index is 13.2. The van der Waals surface area contributed by atoms with E-state index in [0.29, 0.717) is 17.0 Å². The van der Waals surface area contributed by atoms with Crippen molar-refractivity contribution in [3.05, 3.63) is 102 Å². The Labute approximate surface area is 287 Å². The topological polar surface area (TPSA) is 141 Å². The number of fused-ring (bicyclic) bond motifs is 1. The third-order valence-electron chi connectivity index (χ3n) is 7.87. The molecule has 13 heteroatoms. The first-order valence-electron chi connectivity index (χ1n) is 15.5. The quantitative estimate of drug-likeness (QED) is 0.121. The highest BCUT2D eigenvalue weighted by Crippen LogP contribution is 2.44. The van der Waals surface area contributed by atoms with E-state index in [0.717, 1.165) is 16.9 Å². The van der Waals surface area contributed by atoms with Crippen LogP contribution in [-0.2, 0) is 44.8 Å². The highest BCUT2D eigenvalue weighted by molar-refractivity contribution is 8.01. The van der Waals surface area contributed by atoms with Crippen molar-refractivity contribution in [2.24, 2.45) is 0 Å². The summed E-state index contributed by atoms with van der Waals surface area (Å²) in [5.74, 6) is -0.178. The molecule has 0 aliphatic carbocycles. The molecule has 0 spiro atoms. The first-order valence-corrected chi connectivity index (χ1v) is 16.4. The van der Waals surface area contributed by atoms with E-state index >= 15 is 0 Å². The molecule has 2 saturated heterocycles. The number of hydrogen-bond donors (Lipinski definition) is 0. The van der Waals surface area contributed by atoms with E-state index < -0.39 is 28.6 Å². The van der Waals surface area contributed by atoms with Crippen molar-refractivity contribution in [2.45, 2.75) is 49.6 Å². The van der Waals surface area contributed by atoms with E-state index in [-0.39, 0.29) is 43.5 Å². The van der Waals surface area contributed by atoms with Crippen molar-refractivity contribution in [2.75, 3.05) is 25.7 Å². The van der Waals surface area contributed by atoms with Crippen molar-refractivity contribution in [3.8, 4) is 11.5 Å². The van der Waals surface area contributed by atoms with Crippen molar-refractivity contribution in [1.82, 2.24) is 4.90 Å². The van der Waals surface area contributed by atoms with Crippen LogP contribution in [0.4, 0.5) is 5.69 Å². The zero-order valence-corrected chi connectivity index (χ0v) is 28.2.